The number of allylic oxidation sites excluding steroid dienone is 11. The minimum absolute atomic E-state index is 0.231. The third kappa shape index (κ3) is 35.5. The number of hydrogen-bond acceptors (Lipinski definition) is 18. The molecule has 17 unspecified atom stereocenters. The average Bonchev–Trinajstić information content (AvgIpc) is 0.819. The Bertz CT molecular complexity index is 1950. The number of carbonyl (C=O) groups excluding carboxylic acids is 1. The molecule has 3 aliphatic rings. The van der Waals surface area contributed by atoms with Crippen molar-refractivity contribution in [3.05, 3.63) is 72.9 Å². The van der Waals surface area contributed by atoms with E-state index in [9.17, 15) is 61.0 Å². The lowest BCUT2D eigenvalue weighted by Gasteiger charge is -2.48. The lowest BCUT2D eigenvalue weighted by atomic mass is 9.96. The van der Waals surface area contributed by atoms with Crippen LogP contribution < -0.4 is 5.32 Å². The second-order valence-electron chi connectivity index (χ2n) is 25.7. The van der Waals surface area contributed by atoms with Crippen molar-refractivity contribution >= 4 is 5.91 Å². The minimum atomic E-state index is -1.98. The number of aliphatic hydroxyl groups excluding tert-OH is 11. The standard InChI is InChI=1S/C73H129NO18/c1-3-5-7-9-11-13-15-17-18-19-20-21-22-23-24-25-26-27-28-29-30-31-32-33-34-35-36-37-38-39-41-43-45-47-49-51-61(79)74-56(57(78)50-48-46-44-42-40-16-14-12-10-8-6-4-2)55-87-71-67(85)64(82)69(59(53-76)89-71)92-73-68(86)65(83)70(60(54-77)90-73)91-72-66(84)63(81)62(80)58(52-75)88-72/h10,12,15,17,19-20,22-23,40,42,48,50,56-60,62-73,75-78,80-86H,3-9,11,13-14,16,18,21,24-39,41,43-47,49,51-55H2,1-2H3,(H,74,79)/b12-10+,17-15-,20-19-,23-22-,42-40+,50-48+. The third-order valence-corrected chi connectivity index (χ3v) is 17.7. The molecule has 0 radical (unpaired) electrons. The molecule has 92 heavy (non-hydrogen) atoms. The van der Waals surface area contributed by atoms with Crippen molar-refractivity contribution in [1.29, 1.82) is 0 Å². The van der Waals surface area contributed by atoms with Crippen LogP contribution >= 0.6 is 0 Å². The Hall–Kier alpha value is -2.77. The van der Waals surface area contributed by atoms with Crippen LogP contribution in [0.25, 0.3) is 0 Å². The molecule has 19 heteroatoms. The largest absolute Gasteiger partial charge is 0.394 e. The van der Waals surface area contributed by atoms with Crippen molar-refractivity contribution in [1.82, 2.24) is 5.32 Å². The smallest absolute Gasteiger partial charge is 0.220 e. The zero-order valence-corrected chi connectivity index (χ0v) is 56.5. The summed E-state index contributed by atoms with van der Waals surface area (Å²) >= 11 is 0. The molecule has 3 rings (SSSR count). The highest BCUT2D eigenvalue weighted by atomic mass is 16.8. The van der Waals surface area contributed by atoms with Gasteiger partial charge in [-0.15, -0.1) is 0 Å². The van der Waals surface area contributed by atoms with Crippen molar-refractivity contribution in [3.8, 4) is 0 Å². The number of carbonyl (C=O) groups is 1. The Labute approximate surface area is 553 Å². The first kappa shape index (κ1) is 83.5. The second-order valence-corrected chi connectivity index (χ2v) is 25.7. The molecule has 3 heterocycles. The van der Waals surface area contributed by atoms with Crippen LogP contribution in [0.15, 0.2) is 72.9 Å². The molecule has 0 saturated carbocycles. The zero-order chi connectivity index (χ0) is 66.8. The second kappa shape index (κ2) is 54.3. The van der Waals surface area contributed by atoms with Crippen molar-refractivity contribution in [3.63, 3.8) is 0 Å². The SMILES string of the molecule is CCCC/C=C/CC/C=C/CC/C=C/C(O)C(COC1OC(CO)C(OC2OC(CO)C(OC3OC(CO)C(O)C(O)C3O)C(O)C2O)C(O)C1O)NC(=O)CCCCCCCCCCCCCCCCCCCCCC/C=C\C/C=C\C/C=C\CCCCCCC. The minimum Gasteiger partial charge on any atom is -0.394 e. The van der Waals surface area contributed by atoms with E-state index in [2.05, 4.69) is 79.9 Å². The summed E-state index contributed by atoms with van der Waals surface area (Å²) < 4.78 is 34.3. The van der Waals surface area contributed by atoms with E-state index in [0.717, 1.165) is 57.8 Å². The Morgan fingerprint density at radius 1 is 0.391 bits per heavy atom. The highest BCUT2D eigenvalue weighted by molar-refractivity contribution is 5.76. The molecule has 0 aromatic rings. The summed E-state index contributed by atoms with van der Waals surface area (Å²) in [6.07, 6.45) is 42.0. The molecular formula is C73H129NO18. The first-order chi connectivity index (χ1) is 44.8. The number of amides is 1. The molecule has 1 amide bonds. The van der Waals surface area contributed by atoms with Crippen LogP contribution in [0, 0.1) is 0 Å². The van der Waals surface area contributed by atoms with Gasteiger partial charge in [-0.2, -0.15) is 0 Å². The predicted octanol–water partition coefficient (Wildman–Crippen LogP) is 10.1. The zero-order valence-electron chi connectivity index (χ0n) is 56.5. The number of aliphatic hydroxyl groups is 11. The molecule has 17 atom stereocenters. The molecule has 0 spiro atoms. The number of ether oxygens (including phenoxy) is 6. The first-order valence-corrected chi connectivity index (χ1v) is 36.2. The third-order valence-electron chi connectivity index (χ3n) is 17.7. The Kier molecular flexibility index (Phi) is 49.2. The molecule has 3 saturated heterocycles. The number of unbranched alkanes of at least 4 members (excludes halogenated alkanes) is 29. The van der Waals surface area contributed by atoms with Crippen molar-refractivity contribution < 1.29 is 89.4 Å². The van der Waals surface area contributed by atoms with Gasteiger partial charge in [-0.25, -0.2) is 0 Å². The molecule has 534 valence electrons. The van der Waals surface area contributed by atoms with Crippen LogP contribution in [-0.2, 0) is 33.2 Å². The van der Waals surface area contributed by atoms with Gasteiger partial charge in [0.05, 0.1) is 38.6 Å². The molecule has 3 aliphatic heterocycles. The van der Waals surface area contributed by atoms with Gasteiger partial charge in [-0.3, -0.25) is 4.79 Å². The van der Waals surface area contributed by atoms with E-state index < -0.39 is 124 Å². The fourth-order valence-corrected chi connectivity index (χ4v) is 11.8. The molecule has 0 aliphatic carbocycles. The molecule has 3 fully saturated rings. The van der Waals surface area contributed by atoms with Gasteiger partial charge >= 0.3 is 0 Å². The summed E-state index contributed by atoms with van der Waals surface area (Å²) in [5.41, 5.74) is 0. The predicted molar refractivity (Wildman–Crippen MR) is 360 cm³/mol. The quantitative estimate of drug-likeness (QED) is 0.0199. The van der Waals surface area contributed by atoms with E-state index in [4.69, 9.17) is 28.4 Å². The summed E-state index contributed by atoms with van der Waals surface area (Å²) in [6.45, 7) is 1.64. The molecule has 0 aromatic carbocycles. The van der Waals surface area contributed by atoms with Crippen LogP contribution in [0.2, 0.25) is 0 Å². The fraction of sp³-hybridized carbons (Fsp3) is 0.822. The van der Waals surface area contributed by atoms with Gasteiger partial charge in [0.2, 0.25) is 5.91 Å². The summed E-state index contributed by atoms with van der Waals surface area (Å²) in [6, 6.07) is -0.997. The highest BCUT2D eigenvalue weighted by Crippen LogP contribution is 2.33. The van der Waals surface area contributed by atoms with Crippen molar-refractivity contribution in [2.75, 3.05) is 26.4 Å². The highest BCUT2D eigenvalue weighted by Gasteiger charge is 2.53. The van der Waals surface area contributed by atoms with Gasteiger partial charge in [0.25, 0.3) is 0 Å². The van der Waals surface area contributed by atoms with E-state index in [1.54, 1.807) is 6.08 Å². The molecule has 0 aromatic heterocycles. The summed E-state index contributed by atoms with van der Waals surface area (Å²) in [7, 11) is 0. The van der Waals surface area contributed by atoms with E-state index >= 15 is 0 Å². The lowest BCUT2D eigenvalue weighted by molar-refractivity contribution is -0.379. The van der Waals surface area contributed by atoms with Gasteiger partial charge in [0.1, 0.15) is 73.2 Å². The lowest BCUT2D eigenvalue weighted by Crippen LogP contribution is -2.66. The number of hydrogen-bond donors (Lipinski definition) is 12. The van der Waals surface area contributed by atoms with Crippen LogP contribution in [0.1, 0.15) is 251 Å². The molecule has 19 nitrogen and oxygen atoms in total. The average molecular weight is 1310 g/mol. The van der Waals surface area contributed by atoms with E-state index in [0.29, 0.717) is 12.8 Å². The molecular weight excluding hydrogens is 1180 g/mol. The maximum atomic E-state index is 13.4. The van der Waals surface area contributed by atoms with Gasteiger partial charge in [0, 0.05) is 6.42 Å². The van der Waals surface area contributed by atoms with Crippen molar-refractivity contribution in [2.24, 2.45) is 0 Å². The summed E-state index contributed by atoms with van der Waals surface area (Å²) in [4.78, 5) is 13.4. The van der Waals surface area contributed by atoms with Gasteiger partial charge in [0.15, 0.2) is 18.9 Å². The van der Waals surface area contributed by atoms with Gasteiger partial charge in [-0.05, 0) is 77.0 Å². The maximum Gasteiger partial charge on any atom is 0.220 e. The Morgan fingerprint density at radius 3 is 1.20 bits per heavy atom. The summed E-state index contributed by atoms with van der Waals surface area (Å²) in [5, 5.41) is 120. The van der Waals surface area contributed by atoms with Gasteiger partial charge in [-0.1, -0.05) is 241 Å². The fourth-order valence-electron chi connectivity index (χ4n) is 11.8. The van der Waals surface area contributed by atoms with E-state index in [-0.39, 0.29) is 18.9 Å². The van der Waals surface area contributed by atoms with E-state index in [1.165, 1.54) is 161 Å². The molecule has 12 N–H and O–H groups in total. The van der Waals surface area contributed by atoms with Crippen LogP contribution in [-0.4, -0.2) is 193 Å². The van der Waals surface area contributed by atoms with Gasteiger partial charge < -0.3 is 89.9 Å². The van der Waals surface area contributed by atoms with Crippen LogP contribution in [0.5, 0.6) is 0 Å². The van der Waals surface area contributed by atoms with Crippen LogP contribution in [0.3, 0.4) is 0 Å². The Morgan fingerprint density at radius 2 is 0.739 bits per heavy atom. The number of rotatable bonds is 55. The first-order valence-electron chi connectivity index (χ1n) is 36.2. The van der Waals surface area contributed by atoms with Crippen LogP contribution in [0.4, 0.5) is 0 Å². The maximum absolute atomic E-state index is 13.4. The monoisotopic (exact) mass is 1310 g/mol. The topological polar surface area (TPSA) is 307 Å². The van der Waals surface area contributed by atoms with E-state index in [1.807, 2.05) is 6.08 Å². The number of nitrogens with one attached hydrogen (secondary N) is 1. The normalized spacial score (nSPS) is 28.1. The Balaban J connectivity index is 1.33. The molecule has 0 bridgehead atoms. The summed E-state index contributed by atoms with van der Waals surface area (Å²) in [5.74, 6) is -0.290. The van der Waals surface area contributed by atoms with Crippen molar-refractivity contribution in [2.45, 2.75) is 356 Å².